The highest BCUT2D eigenvalue weighted by molar-refractivity contribution is 6.30. The zero-order valence-electron chi connectivity index (χ0n) is 19.5. The van der Waals surface area contributed by atoms with E-state index in [1.54, 1.807) is 36.2 Å². The van der Waals surface area contributed by atoms with Crippen molar-refractivity contribution in [3.05, 3.63) is 142 Å². The molecule has 0 bridgehead atoms. The molecule has 6 rings (SSSR count). The molecule has 2 aliphatic heterocycles. The molecule has 36 heavy (non-hydrogen) atoms. The number of hydrogen-bond acceptors (Lipinski definition) is 3. The maximum Gasteiger partial charge on any atom is 0.276 e. The Kier molecular flexibility index (Phi) is 5.27. The van der Waals surface area contributed by atoms with Crippen LogP contribution in [0.1, 0.15) is 33.0 Å². The van der Waals surface area contributed by atoms with Gasteiger partial charge >= 0.3 is 0 Å². The Morgan fingerprint density at radius 3 is 2.14 bits per heavy atom. The number of halogens is 1. The van der Waals surface area contributed by atoms with Crippen molar-refractivity contribution >= 4 is 34.7 Å². The van der Waals surface area contributed by atoms with Crippen molar-refractivity contribution in [1.82, 2.24) is 0 Å². The number of carbonyl (C=O) groups excluding carboxylic acids is 2. The van der Waals surface area contributed by atoms with Gasteiger partial charge in [0.05, 0.1) is 17.2 Å². The number of para-hydroxylation sites is 1. The van der Waals surface area contributed by atoms with E-state index in [1.807, 2.05) is 84.9 Å². The third kappa shape index (κ3) is 3.22. The zero-order chi connectivity index (χ0) is 24.9. The van der Waals surface area contributed by atoms with Crippen molar-refractivity contribution in [2.45, 2.75) is 11.5 Å². The van der Waals surface area contributed by atoms with Crippen molar-refractivity contribution in [3.63, 3.8) is 0 Å². The van der Waals surface area contributed by atoms with E-state index in [1.165, 1.54) is 0 Å². The van der Waals surface area contributed by atoms with E-state index in [0.717, 1.165) is 22.4 Å². The van der Waals surface area contributed by atoms with Crippen LogP contribution < -0.4 is 4.90 Å². The number of amides is 1. The number of Topliss-reactive ketones (excluding diaryl/α,β-unsaturated/α-hetero) is 1. The fraction of sp³-hybridized carbons (Fsp3) is 0.0968. The van der Waals surface area contributed by atoms with Gasteiger partial charge in [0.25, 0.3) is 5.91 Å². The van der Waals surface area contributed by atoms with Crippen molar-refractivity contribution in [2.24, 2.45) is 0 Å². The molecular formula is C31H22ClNO3. The summed E-state index contributed by atoms with van der Waals surface area (Å²) in [5, 5.41) is 0.574. The van der Waals surface area contributed by atoms with E-state index < -0.39 is 11.5 Å². The summed E-state index contributed by atoms with van der Waals surface area (Å²) in [5.41, 5.74) is 2.59. The summed E-state index contributed by atoms with van der Waals surface area (Å²) in [6.45, 7) is 0. The smallest absolute Gasteiger partial charge is 0.276 e. The number of rotatable bonds is 4. The zero-order valence-corrected chi connectivity index (χ0v) is 20.3. The van der Waals surface area contributed by atoms with E-state index >= 15 is 0 Å². The standard InChI is InChI=1S/C31H22ClNO3/c1-33-25-15-9-8-14-24(25)31(30(33)35)27(20-16-18-23(32)19-17-20)26(28(34)21-10-4-2-5-11-21)29(36-31)22-12-6-3-7-13-22/h2-19,27H,1H3. The van der Waals surface area contributed by atoms with Gasteiger partial charge < -0.3 is 9.64 Å². The van der Waals surface area contributed by atoms with E-state index in [2.05, 4.69) is 0 Å². The highest BCUT2D eigenvalue weighted by Crippen LogP contribution is 2.60. The van der Waals surface area contributed by atoms with Crippen LogP contribution in [0.15, 0.2) is 115 Å². The maximum atomic E-state index is 14.2. The molecule has 4 aromatic rings. The summed E-state index contributed by atoms with van der Waals surface area (Å²) in [6.07, 6.45) is 0. The Morgan fingerprint density at radius 1 is 0.833 bits per heavy atom. The number of nitrogens with zero attached hydrogens (tertiary/aromatic N) is 1. The Bertz CT molecular complexity index is 1510. The largest absolute Gasteiger partial charge is 0.470 e. The first kappa shape index (κ1) is 22.3. The van der Waals surface area contributed by atoms with Gasteiger partial charge in [-0.2, -0.15) is 0 Å². The third-order valence-corrected chi connectivity index (χ3v) is 7.26. The molecule has 0 fully saturated rings. The molecule has 0 radical (unpaired) electrons. The normalized spacial score (nSPS) is 20.6. The lowest BCUT2D eigenvalue weighted by Crippen LogP contribution is -2.43. The van der Waals surface area contributed by atoms with E-state index in [0.29, 0.717) is 21.9 Å². The topological polar surface area (TPSA) is 46.6 Å². The van der Waals surface area contributed by atoms with Crippen molar-refractivity contribution in [1.29, 1.82) is 0 Å². The van der Waals surface area contributed by atoms with E-state index in [9.17, 15) is 9.59 Å². The molecule has 0 saturated heterocycles. The van der Waals surface area contributed by atoms with Crippen molar-refractivity contribution < 1.29 is 14.3 Å². The van der Waals surface area contributed by atoms with E-state index in [-0.39, 0.29) is 11.7 Å². The monoisotopic (exact) mass is 491 g/mol. The molecule has 4 nitrogen and oxygen atoms in total. The lowest BCUT2D eigenvalue weighted by atomic mass is 9.73. The second-order valence-corrected chi connectivity index (χ2v) is 9.44. The van der Waals surface area contributed by atoms with Crippen LogP contribution in [-0.2, 0) is 15.1 Å². The molecule has 0 aliphatic carbocycles. The van der Waals surface area contributed by atoms with Crippen LogP contribution in [0.3, 0.4) is 0 Å². The number of likely N-dealkylation sites (N-methyl/N-ethyl adjacent to an activating group) is 1. The summed E-state index contributed by atoms with van der Waals surface area (Å²) in [7, 11) is 1.75. The summed E-state index contributed by atoms with van der Waals surface area (Å²) in [4.78, 5) is 30.0. The van der Waals surface area contributed by atoms with Crippen molar-refractivity contribution in [3.8, 4) is 0 Å². The van der Waals surface area contributed by atoms with Gasteiger partial charge in [0, 0.05) is 28.8 Å². The number of benzene rings is 4. The van der Waals surface area contributed by atoms with Crippen LogP contribution in [0.4, 0.5) is 5.69 Å². The number of anilines is 1. The molecule has 2 atom stereocenters. The molecule has 0 saturated carbocycles. The van der Waals surface area contributed by atoms with Gasteiger partial charge in [-0.05, 0) is 23.8 Å². The summed E-state index contributed by atoms with van der Waals surface area (Å²) in [6, 6.07) is 33.6. The summed E-state index contributed by atoms with van der Waals surface area (Å²) < 4.78 is 6.79. The fourth-order valence-electron chi connectivity index (χ4n) is 5.38. The minimum absolute atomic E-state index is 0.175. The third-order valence-electron chi connectivity index (χ3n) is 7.01. The number of carbonyl (C=O) groups is 2. The van der Waals surface area contributed by atoms with Gasteiger partial charge in [0.1, 0.15) is 5.76 Å². The summed E-state index contributed by atoms with van der Waals surface area (Å²) in [5.74, 6) is -0.654. The van der Waals surface area contributed by atoms with Crippen molar-refractivity contribution in [2.75, 3.05) is 11.9 Å². The maximum absolute atomic E-state index is 14.2. The molecule has 2 aliphatic rings. The van der Waals surface area contributed by atoms with Gasteiger partial charge in [0.2, 0.25) is 5.60 Å². The fourth-order valence-corrected chi connectivity index (χ4v) is 5.51. The average molecular weight is 492 g/mol. The lowest BCUT2D eigenvalue weighted by molar-refractivity contribution is -0.135. The molecule has 0 aromatic heterocycles. The lowest BCUT2D eigenvalue weighted by Gasteiger charge is -2.31. The van der Waals surface area contributed by atoms with Gasteiger partial charge in [0.15, 0.2) is 5.78 Å². The Balaban J connectivity index is 1.68. The first-order valence-corrected chi connectivity index (χ1v) is 12.1. The van der Waals surface area contributed by atoms with Crippen LogP contribution >= 0.6 is 11.6 Å². The average Bonchev–Trinajstić information content (AvgIpc) is 3.39. The highest BCUT2D eigenvalue weighted by Gasteiger charge is 2.63. The minimum atomic E-state index is -1.43. The molecule has 2 heterocycles. The first-order valence-electron chi connectivity index (χ1n) is 11.7. The molecule has 1 amide bonds. The predicted molar refractivity (Wildman–Crippen MR) is 141 cm³/mol. The van der Waals surface area contributed by atoms with Gasteiger partial charge in [-0.15, -0.1) is 0 Å². The number of hydrogen-bond donors (Lipinski definition) is 0. The molecule has 0 N–H and O–H groups in total. The minimum Gasteiger partial charge on any atom is -0.470 e. The molecular weight excluding hydrogens is 470 g/mol. The van der Waals surface area contributed by atoms with Crippen LogP contribution in [0.25, 0.3) is 5.76 Å². The van der Waals surface area contributed by atoms with Gasteiger partial charge in [-0.25, -0.2) is 0 Å². The van der Waals surface area contributed by atoms with Crippen LogP contribution in [-0.4, -0.2) is 18.7 Å². The van der Waals surface area contributed by atoms with Crippen LogP contribution in [0, 0.1) is 0 Å². The van der Waals surface area contributed by atoms with Crippen LogP contribution in [0.5, 0.6) is 0 Å². The number of ketones is 1. The Hall–Kier alpha value is -4.15. The number of fused-ring (bicyclic) bond motifs is 2. The molecule has 1 spiro atoms. The van der Waals surface area contributed by atoms with Crippen LogP contribution in [0.2, 0.25) is 5.02 Å². The molecule has 5 heteroatoms. The molecule has 176 valence electrons. The number of ether oxygens (including phenoxy) is 1. The highest BCUT2D eigenvalue weighted by atomic mass is 35.5. The second-order valence-electron chi connectivity index (χ2n) is 9.01. The summed E-state index contributed by atoms with van der Waals surface area (Å²) >= 11 is 6.24. The van der Waals surface area contributed by atoms with Gasteiger partial charge in [-0.1, -0.05) is 103 Å². The SMILES string of the molecule is CN1C(=O)C2(OC(c3ccccc3)=C(C(=O)c3ccccc3)C2c2ccc(Cl)cc2)c2ccccc21. The Labute approximate surface area is 214 Å². The first-order chi connectivity index (χ1) is 17.5. The Morgan fingerprint density at radius 2 is 1.44 bits per heavy atom. The van der Waals surface area contributed by atoms with E-state index in [4.69, 9.17) is 16.3 Å². The predicted octanol–water partition coefficient (Wildman–Crippen LogP) is 6.62. The molecule has 2 unspecified atom stereocenters. The molecule has 4 aromatic carbocycles. The van der Waals surface area contributed by atoms with Gasteiger partial charge in [-0.3, -0.25) is 9.59 Å². The quantitative estimate of drug-likeness (QED) is 0.301. The second kappa shape index (κ2) is 8.51.